The Morgan fingerprint density at radius 1 is 1.23 bits per heavy atom. The molecule has 7 nitrogen and oxygen atoms in total. The van der Waals surface area contributed by atoms with Gasteiger partial charge in [0.05, 0.1) is 20.4 Å². The lowest BCUT2D eigenvalue weighted by Crippen LogP contribution is -1.96. The summed E-state index contributed by atoms with van der Waals surface area (Å²) in [6.45, 7) is 0. The molecule has 1 heterocycles. The largest absolute Gasteiger partial charge is 0.502 e. The van der Waals surface area contributed by atoms with Crippen LogP contribution in [0.15, 0.2) is 41.5 Å². The molecule has 0 aliphatic rings. The predicted octanol–water partition coefficient (Wildman–Crippen LogP) is 3.87. The number of nitrogens with zero attached hydrogens (tertiary/aromatic N) is 3. The summed E-state index contributed by atoms with van der Waals surface area (Å²) in [4.78, 5) is 0. The number of ether oxygens (including phenoxy) is 2. The number of phenolic OH excluding ortho intramolecular Hbond substituents is 1. The molecule has 134 valence electrons. The van der Waals surface area contributed by atoms with Crippen LogP contribution < -0.4 is 9.47 Å². The zero-order valence-electron chi connectivity index (χ0n) is 13.9. The summed E-state index contributed by atoms with van der Waals surface area (Å²) < 4.78 is 12.1. The van der Waals surface area contributed by atoms with Crippen LogP contribution >= 0.6 is 23.8 Å². The van der Waals surface area contributed by atoms with Crippen molar-refractivity contribution < 1.29 is 14.6 Å². The molecule has 0 aliphatic carbocycles. The van der Waals surface area contributed by atoms with Crippen molar-refractivity contribution in [3.63, 3.8) is 0 Å². The molecule has 0 unspecified atom stereocenters. The molecule has 26 heavy (non-hydrogen) atoms. The topological polar surface area (TPSA) is 84.7 Å². The first kappa shape index (κ1) is 18.0. The molecule has 0 aliphatic heterocycles. The zero-order chi connectivity index (χ0) is 18.7. The Bertz CT molecular complexity index is 1000. The second-order valence-corrected chi connectivity index (χ2v) is 6.02. The van der Waals surface area contributed by atoms with E-state index in [0.29, 0.717) is 21.2 Å². The third-order valence-electron chi connectivity index (χ3n) is 3.56. The minimum Gasteiger partial charge on any atom is -0.502 e. The number of H-pyrrole nitrogens is 1. The Labute approximate surface area is 159 Å². The van der Waals surface area contributed by atoms with Crippen LogP contribution in [0.1, 0.15) is 5.56 Å². The number of nitrogens with one attached hydrogen (secondary N) is 1. The maximum atomic E-state index is 9.98. The summed E-state index contributed by atoms with van der Waals surface area (Å²) in [5.41, 5.74) is 1.42. The molecular formula is C17H15ClN4O3S. The SMILES string of the molecule is COc1cc(C=Nn2c(-c3cccc(Cl)c3)n[nH]c2=S)cc(OC)c1O. The van der Waals surface area contributed by atoms with Gasteiger partial charge in [0.1, 0.15) is 0 Å². The number of phenols is 1. The number of halogens is 1. The van der Waals surface area contributed by atoms with Crippen LogP contribution in [0.4, 0.5) is 0 Å². The van der Waals surface area contributed by atoms with E-state index in [-0.39, 0.29) is 17.2 Å². The lowest BCUT2D eigenvalue weighted by atomic mass is 10.2. The molecule has 2 aromatic carbocycles. The number of aromatic hydroxyl groups is 1. The van der Waals surface area contributed by atoms with Crippen molar-refractivity contribution in [3.05, 3.63) is 51.8 Å². The van der Waals surface area contributed by atoms with Crippen molar-refractivity contribution >= 4 is 30.0 Å². The summed E-state index contributed by atoms with van der Waals surface area (Å²) >= 11 is 11.3. The summed E-state index contributed by atoms with van der Waals surface area (Å²) in [7, 11) is 2.91. The fraction of sp³-hybridized carbons (Fsp3) is 0.118. The number of rotatable bonds is 5. The van der Waals surface area contributed by atoms with Crippen LogP contribution in [0.25, 0.3) is 11.4 Å². The van der Waals surface area contributed by atoms with Gasteiger partial charge in [0, 0.05) is 16.1 Å². The predicted molar refractivity (Wildman–Crippen MR) is 102 cm³/mol. The smallest absolute Gasteiger partial charge is 0.216 e. The number of aromatic amines is 1. The van der Waals surface area contributed by atoms with Crippen LogP contribution in [0.5, 0.6) is 17.2 Å². The van der Waals surface area contributed by atoms with Gasteiger partial charge in [0.25, 0.3) is 0 Å². The minimum absolute atomic E-state index is 0.0771. The minimum atomic E-state index is -0.0771. The maximum absolute atomic E-state index is 9.98. The Balaban J connectivity index is 2.02. The lowest BCUT2D eigenvalue weighted by molar-refractivity contribution is 0.340. The fourth-order valence-corrected chi connectivity index (χ4v) is 2.70. The first-order chi connectivity index (χ1) is 12.5. The second kappa shape index (κ2) is 7.59. The Morgan fingerprint density at radius 3 is 2.54 bits per heavy atom. The molecular weight excluding hydrogens is 376 g/mol. The second-order valence-electron chi connectivity index (χ2n) is 5.19. The van der Waals surface area contributed by atoms with E-state index in [2.05, 4.69) is 15.3 Å². The van der Waals surface area contributed by atoms with Crippen molar-refractivity contribution in [1.82, 2.24) is 14.9 Å². The molecule has 0 spiro atoms. The summed E-state index contributed by atoms with van der Waals surface area (Å²) in [6.07, 6.45) is 1.56. The molecule has 9 heteroatoms. The van der Waals surface area contributed by atoms with Gasteiger partial charge in [-0.1, -0.05) is 23.7 Å². The molecule has 1 aromatic heterocycles. The van der Waals surface area contributed by atoms with Gasteiger partial charge in [-0.15, -0.1) is 0 Å². The number of aromatic nitrogens is 3. The van der Waals surface area contributed by atoms with Crippen molar-refractivity contribution in [2.24, 2.45) is 5.10 Å². The number of hydrogen-bond acceptors (Lipinski definition) is 6. The van der Waals surface area contributed by atoms with Crippen molar-refractivity contribution in [1.29, 1.82) is 0 Å². The van der Waals surface area contributed by atoms with Crippen LogP contribution in [0, 0.1) is 4.77 Å². The van der Waals surface area contributed by atoms with E-state index in [1.54, 1.807) is 30.5 Å². The van der Waals surface area contributed by atoms with Crippen molar-refractivity contribution in [2.75, 3.05) is 14.2 Å². The van der Waals surface area contributed by atoms with E-state index in [0.717, 1.165) is 5.56 Å². The van der Waals surface area contributed by atoms with Gasteiger partial charge in [-0.25, -0.2) is 5.10 Å². The Kier molecular flexibility index (Phi) is 5.24. The molecule has 0 amide bonds. The highest BCUT2D eigenvalue weighted by Gasteiger charge is 2.11. The van der Waals surface area contributed by atoms with Crippen molar-refractivity contribution in [3.8, 4) is 28.6 Å². The molecule has 0 fully saturated rings. The molecule has 0 bridgehead atoms. The van der Waals surface area contributed by atoms with Crippen LogP contribution in [0.2, 0.25) is 5.02 Å². The molecule has 3 aromatic rings. The average Bonchev–Trinajstić information content (AvgIpc) is 3.01. The summed E-state index contributed by atoms with van der Waals surface area (Å²) in [6, 6.07) is 10.5. The van der Waals surface area contributed by atoms with Crippen LogP contribution in [0.3, 0.4) is 0 Å². The average molecular weight is 391 g/mol. The Morgan fingerprint density at radius 2 is 1.92 bits per heavy atom. The van der Waals surface area contributed by atoms with Crippen LogP contribution in [-0.2, 0) is 0 Å². The molecule has 0 radical (unpaired) electrons. The van der Waals surface area contributed by atoms with Crippen molar-refractivity contribution in [2.45, 2.75) is 0 Å². The van der Waals surface area contributed by atoms with Gasteiger partial charge >= 0.3 is 0 Å². The van der Waals surface area contributed by atoms with Gasteiger partial charge in [0.15, 0.2) is 17.3 Å². The van der Waals surface area contributed by atoms with E-state index < -0.39 is 0 Å². The molecule has 0 atom stereocenters. The highest BCUT2D eigenvalue weighted by Crippen LogP contribution is 2.36. The highest BCUT2D eigenvalue weighted by atomic mass is 35.5. The van der Waals surface area contributed by atoms with Gasteiger partial charge in [0.2, 0.25) is 10.5 Å². The number of hydrogen-bond donors (Lipinski definition) is 2. The Hall–Kier alpha value is -2.84. The van der Waals surface area contributed by atoms with Crippen LogP contribution in [-0.4, -0.2) is 40.4 Å². The number of methoxy groups -OCH3 is 2. The summed E-state index contributed by atoms with van der Waals surface area (Å²) in [5, 5.41) is 21.9. The molecule has 3 rings (SSSR count). The third-order valence-corrected chi connectivity index (χ3v) is 4.06. The van der Waals surface area contributed by atoms with E-state index in [9.17, 15) is 5.11 Å². The quantitative estimate of drug-likeness (QED) is 0.510. The third kappa shape index (κ3) is 3.56. The monoisotopic (exact) mass is 390 g/mol. The highest BCUT2D eigenvalue weighted by molar-refractivity contribution is 7.71. The van der Waals surface area contributed by atoms with E-state index in [1.807, 2.05) is 12.1 Å². The summed E-state index contributed by atoms with van der Waals surface area (Å²) in [5.74, 6) is 0.992. The van der Waals surface area contributed by atoms with Gasteiger partial charge in [-0.2, -0.15) is 14.9 Å². The first-order valence-electron chi connectivity index (χ1n) is 7.46. The molecule has 0 saturated heterocycles. The normalized spacial score (nSPS) is 11.0. The molecule has 0 saturated carbocycles. The van der Waals surface area contributed by atoms with Gasteiger partial charge in [-0.05, 0) is 36.5 Å². The first-order valence-corrected chi connectivity index (χ1v) is 8.25. The van der Waals surface area contributed by atoms with Gasteiger partial charge < -0.3 is 14.6 Å². The van der Waals surface area contributed by atoms with E-state index in [1.165, 1.54) is 18.9 Å². The zero-order valence-corrected chi connectivity index (χ0v) is 15.5. The maximum Gasteiger partial charge on any atom is 0.216 e. The fourth-order valence-electron chi connectivity index (χ4n) is 2.33. The number of benzene rings is 2. The van der Waals surface area contributed by atoms with E-state index in [4.69, 9.17) is 33.3 Å². The standard InChI is InChI=1S/C17H15ClN4O3S/c1-24-13-6-10(7-14(25-2)15(13)23)9-19-22-16(20-21-17(22)26)11-4-3-5-12(18)8-11/h3-9,23H,1-2H3,(H,21,26). The van der Waals surface area contributed by atoms with E-state index >= 15 is 0 Å². The lowest BCUT2D eigenvalue weighted by Gasteiger charge is -2.09. The van der Waals surface area contributed by atoms with Gasteiger partial charge in [-0.3, -0.25) is 0 Å². The molecule has 2 N–H and O–H groups in total.